The molecule has 0 fully saturated rings. The molecule has 0 aliphatic rings. The fourth-order valence-corrected chi connectivity index (χ4v) is 5.40. The van der Waals surface area contributed by atoms with Crippen molar-refractivity contribution in [3.8, 4) is 0 Å². The van der Waals surface area contributed by atoms with Crippen molar-refractivity contribution in [3.63, 3.8) is 0 Å². The predicted molar refractivity (Wildman–Crippen MR) is 236 cm³/mol. The first-order chi connectivity index (χ1) is 22.8. The summed E-state index contributed by atoms with van der Waals surface area (Å²) in [4.78, 5) is 0. The van der Waals surface area contributed by atoms with Gasteiger partial charge in [-0.25, -0.2) is 0 Å². The molecule has 50 heavy (non-hydrogen) atoms. The minimum atomic E-state index is 0.619. The molecule has 5 N–H and O–H groups in total. The zero-order valence-electron chi connectivity index (χ0n) is 39.5. The smallest absolute Gasteiger partial charge is 0.00692 e. The van der Waals surface area contributed by atoms with E-state index in [9.17, 15) is 0 Å². The van der Waals surface area contributed by atoms with Crippen LogP contribution in [0.3, 0.4) is 0 Å². The molecule has 0 aromatic heterocycles. The van der Waals surface area contributed by atoms with Gasteiger partial charge in [0.05, 0.1) is 0 Å². The van der Waals surface area contributed by atoms with Gasteiger partial charge in [0.15, 0.2) is 0 Å². The minimum Gasteiger partial charge on any atom is -0.315 e. The highest BCUT2D eigenvalue weighted by molar-refractivity contribution is 4.69. The normalized spacial score (nSPS) is 14.0. The lowest BCUT2D eigenvalue weighted by Crippen LogP contribution is -2.35. The van der Waals surface area contributed by atoms with Crippen molar-refractivity contribution in [1.29, 1.82) is 0 Å². The van der Waals surface area contributed by atoms with Gasteiger partial charge < -0.3 is 26.6 Å². The zero-order chi connectivity index (χ0) is 40.6. The Kier molecular flexibility index (Phi) is 45.5. The van der Waals surface area contributed by atoms with Crippen LogP contribution in [0.15, 0.2) is 0 Å². The predicted octanol–water partition coefficient (Wildman–Crippen LogP) is 12.0. The first-order valence-corrected chi connectivity index (χ1v) is 21.5. The number of hydrogen-bond donors (Lipinski definition) is 5. The van der Waals surface area contributed by atoms with Crippen molar-refractivity contribution in [2.45, 2.75) is 247 Å². The topological polar surface area (TPSA) is 60.1 Å². The van der Waals surface area contributed by atoms with Crippen LogP contribution in [0.1, 0.15) is 198 Å². The van der Waals surface area contributed by atoms with Gasteiger partial charge in [0.1, 0.15) is 0 Å². The van der Waals surface area contributed by atoms with Crippen LogP contribution < -0.4 is 26.6 Å². The Labute approximate surface area is 321 Å². The summed E-state index contributed by atoms with van der Waals surface area (Å²) in [6.45, 7) is 55.9. The summed E-state index contributed by atoms with van der Waals surface area (Å²) in [5.41, 5.74) is 0. The standard InChI is InChI=1S/C10H23N.3C9H21N.C8H19N/c1-6-10(7-8(2)3)11-9(4)5;1-7(2)9(5)6-10-8(3)4;2*1-7(2)6-9(5)10-8(3)4;1-7(2)5-6-9-8(3)4/h8-11H,6-7H2,1-5H3;3*7-10H,6H2,1-5H3;7-9H,5-6H2,1-4H3/t10-;;2*9-;/m0.10./s1. The van der Waals surface area contributed by atoms with Crippen molar-refractivity contribution in [1.82, 2.24) is 26.6 Å². The summed E-state index contributed by atoms with van der Waals surface area (Å²) in [5.74, 6) is 4.85. The SMILES string of the molecule is CC(C)CCNC(C)C.CC(C)C[C@@H](C)NC(C)C.CC(C)C[C@H](C)NC(C)C.CC(C)NCC(C)C(C)C.CC[C@@H](CC(C)C)NC(C)C. The van der Waals surface area contributed by atoms with E-state index in [2.05, 4.69) is 193 Å². The fourth-order valence-electron chi connectivity index (χ4n) is 5.40. The van der Waals surface area contributed by atoms with Crippen LogP contribution in [0.25, 0.3) is 0 Å². The highest BCUT2D eigenvalue weighted by Crippen LogP contribution is 2.09. The van der Waals surface area contributed by atoms with Gasteiger partial charge in [0.25, 0.3) is 0 Å². The third-order valence-electron chi connectivity index (χ3n) is 7.96. The summed E-state index contributed by atoms with van der Waals surface area (Å²) in [6.07, 6.45) is 6.39. The second-order valence-corrected chi connectivity index (χ2v) is 18.8. The first kappa shape index (κ1) is 59.1. The molecule has 0 spiro atoms. The average Bonchev–Trinajstić information content (AvgIpc) is 2.89. The van der Waals surface area contributed by atoms with Crippen LogP contribution in [0.2, 0.25) is 0 Å². The lowest BCUT2D eigenvalue weighted by molar-refractivity contribution is 0.379. The molecule has 0 aromatic carbocycles. The van der Waals surface area contributed by atoms with E-state index in [1.165, 1.54) is 32.1 Å². The van der Waals surface area contributed by atoms with E-state index in [0.717, 1.165) is 54.6 Å². The van der Waals surface area contributed by atoms with Gasteiger partial charge in [0, 0.05) is 48.3 Å². The molecule has 0 aliphatic carbocycles. The summed E-state index contributed by atoms with van der Waals surface area (Å²) in [6, 6.07) is 5.18. The molecule has 1 unspecified atom stereocenters. The summed E-state index contributed by atoms with van der Waals surface area (Å²) in [5, 5.41) is 17.3. The Morgan fingerprint density at radius 3 is 0.980 bits per heavy atom. The van der Waals surface area contributed by atoms with Gasteiger partial charge in [-0.1, -0.05) is 152 Å². The van der Waals surface area contributed by atoms with E-state index in [1.807, 2.05) is 0 Å². The van der Waals surface area contributed by atoms with Gasteiger partial charge >= 0.3 is 0 Å². The van der Waals surface area contributed by atoms with Gasteiger partial charge in [-0.2, -0.15) is 0 Å². The molecule has 0 heterocycles. The molecule has 0 amide bonds. The molecule has 0 aliphatic heterocycles. The minimum absolute atomic E-state index is 0.619. The molecule has 0 aromatic rings. The summed E-state index contributed by atoms with van der Waals surface area (Å²) < 4.78 is 0. The molecular weight excluding hydrogens is 611 g/mol. The molecular formula is C45H105N5. The quantitative estimate of drug-likeness (QED) is 0.0819. The van der Waals surface area contributed by atoms with Crippen LogP contribution in [0.5, 0.6) is 0 Å². The monoisotopic (exact) mass is 716 g/mol. The van der Waals surface area contributed by atoms with Crippen LogP contribution in [-0.2, 0) is 0 Å². The largest absolute Gasteiger partial charge is 0.315 e. The van der Waals surface area contributed by atoms with E-state index in [4.69, 9.17) is 0 Å². The molecule has 0 radical (unpaired) electrons. The second kappa shape index (κ2) is 38.5. The lowest BCUT2D eigenvalue weighted by atomic mass is 9.98. The van der Waals surface area contributed by atoms with Crippen LogP contribution in [0, 0.1) is 35.5 Å². The maximum absolute atomic E-state index is 3.56. The van der Waals surface area contributed by atoms with E-state index in [-0.39, 0.29) is 0 Å². The molecule has 4 atom stereocenters. The maximum atomic E-state index is 3.56. The molecule has 5 heteroatoms. The zero-order valence-corrected chi connectivity index (χ0v) is 39.5. The van der Waals surface area contributed by atoms with Gasteiger partial charge in [0.2, 0.25) is 0 Å². The van der Waals surface area contributed by atoms with Crippen molar-refractivity contribution in [2.75, 3.05) is 13.1 Å². The van der Waals surface area contributed by atoms with Crippen molar-refractivity contribution in [2.24, 2.45) is 35.5 Å². The van der Waals surface area contributed by atoms with Gasteiger partial charge in [-0.05, 0) is 94.5 Å². The van der Waals surface area contributed by atoms with Crippen LogP contribution >= 0.6 is 0 Å². The van der Waals surface area contributed by atoms with Crippen molar-refractivity contribution < 1.29 is 0 Å². The van der Waals surface area contributed by atoms with Crippen molar-refractivity contribution in [3.05, 3.63) is 0 Å². The lowest BCUT2D eigenvalue weighted by Gasteiger charge is -2.21. The molecule has 0 saturated carbocycles. The fraction of sp³-hybridized carbons (Fsp3) is 1.00. The first-order valence-electron chi connectivity index (χ1n) is 21.5. The van der Waals surface area contributed by atoms with E-state index < -0.39 is 0 Å². The highest BCUT2D eigenvalue weighted by atomic mass is 14.9. The summed E-state index contributed by atoms with van der Waals surface area (Å²) in [7, 11) is 0. The second-order valence-electron chi connectivity index (χ2n) is 18.8. The van der Waals surface area contributed by atoms with E-state index >= 15 is 0 Å². The molecule has 310 valence electrons. The Balaban J connectivity index is -0.000000169. The molecule has 0 rings (SSSR count). The van der Waals surface area contributed by atoms with Gasteiger partial charge in [-0.3, -0.25) is 0 Å². The number of hydrogen-bond acceptors (Lipinski definition) is 5. The molecule has 0 bridgehead atoms. The third-order valence-corrected chi connectivity index (χ3v) is 7.96. The maximum Gasteiger partial charge on any atom is 0.00692 e. The van der Waals surface area contributed by atoms with Crippen LogP contribution in [-0.4, -0.2) is 61.4 Å². The Bertz CT molecular complexity index is 565. The van der Waals surface area contributed by atoms with Gasteiger partial charge in [-0.15, -0.1) is 0 Å². The Hall–Kier alpha value is -0.200. The van der Waals surface area contributed by atoms with E-state index in [0.29, 0.717) is 42.3 Å². The Morgan fingerprint density at radius 1 is 0.380 bits per heavy atom. The van der Waals surface area contributed by atoms with Crippen molar-refractivity contribution >= 4 is 0 Å². The molecule has 5 nitrogen and oxygen atoms in total. The average molecular weight is 716 g/mol. The highest BCUT2D eigenvalue weighted by Gasteiger charge is 2.09. The summed E-state index contributed by atoms with van der Waals surface area (Å²) >= 11 is 0. The Morgan fingerprint density at radius 2 is 0.740 bits per heavy atom. The van der Waals surface area contributed by atoms with E-state index in [1.54, 1.807) is 0 Å². The third kappa shape index (κ3) is 62.9. The molecule has 0 saturated heterocycles. The number of nitrogens with one attached hydrogen (secondary N) is 5. The van der Waals surface area contributed by atoms with Crippen LogP contribution in [0.4, 0.5) is 0 Å². The number of rotatable bonds is 21.